The van der Waals surface area contributed by atoms with Crippen molar-refractivity contribution < 1.29 is 14.6 Å². The molecule has 1 atom stereocenters. The molecular formula is C14H21BrO3S. The van der Waals surface area contributed by atoms with Crippen LogP contribution < -0.4 is 9.47 Å². The Kier molecular flexibility index (Phi) is 7.04. The Bertz CT molecular complexity index is 410. The largest absolute Gasteiger partial charge is 0.495 e. The fourth-order valence-electron chi connectivity index (χ4n) is 1.69. The van der Waals surface area contributed by atoms with Crippen molar-refractivity contribution in [3.8, 4) is 11.5 Å². The molecule has 0 fully saturated rings. The van der Waals surface area contributed by atoms with Gasteiger partial charge in [0.15, 0.2) is 0 Å². The molecule has 0 aromatic heterocycles. The summed E-state index contributed by atoms with van der Waals surface area (Å²) in [5.74, 6) is 3.66. The van der Waals surface area contributed by atoms with Gasteiger partial charge >= 0.3 is 0 Å². The fourth-order valence-corrected chi connectivity index (χ4v) is 3.38. The van der Waals surface area contributed by atoms with Crippen LogP contribution in [0.5, 0.6) is 11.5 Å². The van der Waals surface area contributed by atoms with Crippen LogP contribution >= 0.6 is 27.7 Å². The average Bonchev–Trinajstić information content (AvgIpc) is 2.37. The van der Waals surface area contributed by atoms with Crippen molar-refractivity contribution in [3.63, 3.8) is 0 Å². The van der Waals surface area contributed by atoms with Crippen LogP contribution in [-0.2, 0) is 0 Å². The van der Waals surface area contributed by atoms with E-state index < -0.39 is 6.10 Å². The van der Waals surface area contributed by atoms with E-state index in [-0.39, 0.29) is 0 Å². The minimum absolute atomic E-state index is 0.541. The molecule has 1 aromatic carbocycles. The number of aliphatic hydroxyl groups excluding tert-OH is 1. The maximum atomic E-state index is 10.3. The number of hydrogen-bond acceptors (Lipinski definition) is 4. The molecular weight excluding hydrogens is 328 g/mol. The Hall–Kier alpha value is -0.390. The molecule has 0 aliphatic rings. The van der Waals surface area contributed by atoms with Crippen molar-refractivity contribution in [3.05, 3.63) is 22.2 Å². The number of benzene rings is 1. The quantitative estimate of drug-likeness (QED) is 0.811. The lowest BCUT2D eigenvalue weighted by Gasteiger charge is -2.17. The Balaban J connectivity index is 2.84. The van der Waals surface area contributed by atoms with Crippen LogP contribution in [-0.4, -0.2) is 30.8 Å². The topological polar surface area (TPSA) is 38.7 Å². The molecule has 0 radical (unpaired) electrons. The highest BCUT2D eigenvalue weighted by molar-refractivity contribution is 9.10. The number of aliphatic hydroxyl groups is 1. The number of halogens is 1. The van der Waals surface area contributed by atoms with Crippen molar-refractivity contribution in [2.45, 2.75) is 20.0 Å². The summed E-state index contributed by atoms with van der Waals surface area (Å²) in [5.41, 5.74) is 0.784. The Labute approximate surface area is 127 Å². The molecule has 0 saturated heterocycles. The van der Waals surface area contributed by atoms with E-state index in [0.29, 0.717) is 23.2 Å². The zero-order valence-corrected chi connectivity index (χ0v) is 14.2. The lowest BCUT2D eigenvalue weighted by Crippen LogP contribution is -2.06. The Morgan fingerprint density at radius 3 is 2.42 bits per heavy atom. The van der Waals surface area contributed by atoms with E-state index in [4.69, 9.17) is 9.47 Å². The molecule has 0 bridgehead atoms. The standard InChI is InChI=1S/C14H21BrO3S/c1-9(2)7-19-8-11(16)10-5-6-12(17-3)13(15)14(10)18-4/h5-6,9,11,16H,7-8H2,1-4H3. The highest BCUT2D eigenvalue weighted by Crippen LogP contribution is 2.40. The van der Waals surface area contributed by atoms with Crippen LogP contribution in [0, 0.1) is 5.92 Å². The SMILES string of the molecule is COc1ccc(C(O)CSCC(C)C)c(OC)c1Br. The van der Waals surface area contributed by atoms with Gasteiger partial charge in [-0.25, -0.2) is 0 Å². The van der Waals surface area contributed by atoms with Gasteiger partial charge in [-0.1, -0.05) is 13.8 Å². The predicted molar refractivity (Wildman–Crippen MR) is 84.4 cm³/mol. The van der Waals surface area contributed by atoms with Crippen LogP contribution in [0.2, 0.25) is 0 Å². The van der Waals surface area contributed by atoms with Gasteiger partial charge in [0.05, 0.1) is 20.3 Å². The first-order valence-electron chi connectivity index (χ1n) is 6.17. The monoisotopic (exact) mass is 348 g/mol. The van der Waals surface area contributed by atoms with Gasteiger partial charge in [-0.05, 0) is 39.7 Å². The van der Waals surface area contributed by atoms with Gasteiger partial charge in [-0.3, -0.25) is 0 Å². The Morgan fingerprint density at radius 2 is 1.89 bits per heavy atom. The molecule has 0 amide bonds. The molecule has 1 N–H and O–H groups in total. The summed E-state index contributed by atoms with van der Waals surface area (Å²) >= 11 is 5.19. The van der Waals surface area contributed by atoms with Crippen molar-refractivity contribution in [1.29, 1.82) is 0 Å². The zero-order valence-electron chi connectivity index (χ0n) is 11.8. The molecule has 0 saturated carbocycles. The minimum Gasteiger partial charge on any atom is -0.495 e. The van der Waals surface area contributed by atoms with E-state index >= 15 is 0 Å². The fraction of sp³-hybridized carbons (Fsp3) is 0.571. The van der Waals surface area contributed by atoms with E-state index in [2.05, 4.69) is 29.8 Å². The first-order chi connectivity index (χ1) is 9.01. The van der Waals surface area contributed by atoms with Gasteiger partial charge < -0.3 is 14.6 Å². The van der Waals surface area contributed by atoms with E-state index in [1.54, 1.807) is 26.0 Å². The number of rotatable bonds is 7. The van der Waals surface area contributed by atoms with Crippen LogP contribution in [0.4, 0.5) is 0 Å². The van der Waals surface area contributed by atoms with Gasteiger partial charge in [-0.2, -0.15) is 11.8 Å². The molecule has 3 nitrogen and oxygen atoms in total. The number of ether oxygens (including phenoxy) is 2. The molecule has 0 spiro atoms. The first-order valence-corrected chi connectivity index (χ1v) is 8.12. The predicted octanol–water partition coefficient (Wildman–Crippen LogP) is 3.89. The normalized spacial score (nSPS) is 12.6. The first kappa shape index (κ1) is 16.7. The molecule has 108 valence electrons. The van der Waals surface area contributed by atoms with Crippen molar-refractivity contribution in [1.82, 2.24) is 0 Å². The number of thioether (sulfide) groups is 1. The maximum absolute atomic E-state index is 10.3. The van der Waals surface area contributed by atoms with Gasteiger partial charge in [0.25, 0.3) is 0 Å². The smallest absolute Gasteiger partial charge is 0.142 e. The summed E-state index contributed by atoms with van der Waals surface area (Å²) in [6, 6.07) is 3.68. The molecule has 1 rings (SSSR count). The molecule has 5 heteroatoms. The number of hydrogen-bond donors (Lipinski definition) is 1. The second-order valence-corrected chi connectivity index (χ2v) is 6.52. The highest BCUT2D eigenvalue weighted by atomic mass is 79.9. The molecule has 0 aliphatic heterocycles. The summed E-state index contributed by atoms with van der Waals surface area (Å²) < 4.78 is 11.3. The van der Waals surface area contributed by atoms with E-state index in [9.17, 15) is 5.11 Å². The van der Waals surface area contributed by atoms with E-state index in [1.165, 1.54) is 0 Å². The summed E-state index contributed by atoms with van der Waals surface area (Å²) in [6.07, 6.45) is -0.541. The van der Waals surface area contributed by atoms with Gasteiger partial charge in [-0.15, -0.1) is 0 Å². The van der Waals surface area contributed by atoms with E-state index in [1.807, 2.05) is 12.1 Å². The van der Waals surface area contributed by atoms with Crippen LogP contribution in [0.1, 0.15) is 25.5 Å². The van der Waals surface area contributed by atoms with Gasteiger partial charge in [0.1, 0.15) is 16.0 Å². The molecule has 1 aromatic rings. The second-order valence-electron chi connectivity index (χ2n) is 4.65. The second kappa shape index (κ2) is 8.02. The zero-order chi connectivity index (χ0) is 14.4. The number of methoxy groups -OCH3 is 2. The third kappa shape index (κ3) is 4.58. The van der Waals surface area contributed by atoms with Gasteiger partial charge in [0, 0.05) is 11.3 Å². The van der Waals surface area contributed by atoms with Crippen molar-refractivity contribution in [2.75, 3.05) is 25.7 Å². The maximum Gasteiger partial charge on any atom is 0.142 e. The third-order valence-corrected chi connectivity index (χ3v) is 4.81. The van der Waals surface area contributed by atoms with Crippen molar-refractivity contribution in [2.24, 2.45) is 5.92 Å². The molecule has 0 aliphatic carbocycles. The van der Waals surface area contributed by atoms with Crippen LogP contribution in [0.3, 0.4) is 0 Å². The van der Waals surface area contributed by atoms with Crippen LogP contribution in [0.25, 0.3) is 0 Å². The van der Waals surface area contributed by atoms with Crippen molar-refractivity contribution >= 4 is 27.7 Å². The average molecular weight is 349 g/mol. The summed E-state index contributed by atoms with van der Waals surface area (Å²) in [6.45, 7) is 4.34. The molecule has 1 unspecified atom stereocenters. The third-order valence-electron chi connectivity index (χ3n) is 2.60. The Morgan fingerprint density at radius 1 is 1.21 bits per heavy atom. The van der Waals surface area contributed by atoms with Crippen LogP contribution in [0.15, 0.2) is 16.6 Å². The summed E-state index contributed by atoms with van der Waals surface area (Å²) in [4.78, 5) is 0. The lowest BCUT2D eigenvalue weighted by molar-refractivity contribution is 0.198. The molecule has 19 heavy (non-hydrogen) atoms. The minimum atomic E-state index is -0.541. The highest BCUT2D eigenvalue weighted by Gasteiger charge is 2.18. The lowest BCUT2D eigenvalue weighted by atomic mass is 10.1. The van der Waals surface area contributed by atoms with E-state index in [0.717, 1.165) is 15.8 Å². The molecule has 0 heterocycles. The summed E-state index contributed by atoms with van der Waals surface area (Å²) in [5, 5.41) is 10.3. The summed E-state index contributed by atoms with van der Waals surface area (Å²) in [7, 11) is 3.20. The van der Waals surface area contributed by atoms with Gasteiger partial charge in [0.2, 0.25) is 0 Å².